The zero-order valence-corrected chi connectivity index (χ0v) is 34.4. The number of rotatable bonds is 7. The van der Waals surface area contributed by atoms with Crippen LogP contribution in [0, 0.1) is 0 Å². The molecule has 1 aliphatic rings. The van der Waals surface area contributed by atoms with Gasteiger partial charge in [-0.1, -0.05) is 212 Å². The van der Waals surface area contributed by atoms with Crippen molar-refractivity contribution >= 4 is 21.7 Å². The molecule has 2 aromatic heterocycles. The van der Waals surface area contributed by atoms with Crippen LogP contribution in [-0.2, 0) is 0 Å². The van der Waals surface area contributed by atoms with E-state index in [4.69, 9.17) is 15.0 Å². The summed E-state index contributed by atoms with van der Waals surface area (Å²) in [6.45, 7) is 0. The highest BCUT2D eigenvalue weighted by molar-refractivity contribution is 6.17. The number of benzene rings is 9. The van der Waals surface area contributed by atoms with E-state index in [-0.39, 0.29) is 5.92 Å². The summed E-state index contributed by atoms with van der Waals surface area (Å²) >= 11 is 0. The second kappa shape index (κ2) is 15.3. The first-order valence-electron chi connectivity index (χ1n) is 21.5. The molecule has 0 spiro atoms. The SMILES string of the molecule is c1ccc(-c2nc(-c3ccc(-c4ccc5c(c4)nc(-c4ccccc4)c4cccc(-c6ccccc6)c45)cc3)cc(-c3cccc(C4c5ccccc5-c5ccccc54)c3)n2)cc1. The summed E-state index contributed by atoms with van der Waals surface area (Å²) in [5.41, 5.74) is 19.1. The van der Waals surface area contributed by atoms with Gasteiger partial charge in [-0.2, -0.15) is 0 Å². The van der Waals surface area contributed by atoms with Gasteiger partial charge < -0.3 is 0 Å². The Bertz CT molecular complexity index is 3440. The van der Waals surface area contributed by atoms with Crippen molar-refractivity contribution in [2.75, 3.05) is 0 Å². The molecule has 11 aromatic rings. The first-order chi connectivity index (χ1) is 31.2. The molecule has 0 atom stereocenters. The van der Waals surface area contributed by atoms with Gasteiger partial charge in [0.05, 0.1) is 22.6 Å². The van der Waals surface area contributed by atoms with Crippen LogP contribution < -0.4 is 0 Å². The van der Waals surface area contributed by atoms with E-state index in [2.05, 4.69) is 212 Å². The van der Waals surface area contributed by atoms with Gasteiger partial charge in [0.15, 0.2) is 5.82 Å². The van der Waals surface area contributed by atoms with Crippen molar-refractivity contribution in [2.45, 2.75) is 5.92 Å². The summed E-state index contributed by atoms with van der Waals surface area (Å²) in [5.74, 6) is 0.853. The molecule has 63 heavy (non-hydrogen) atoms. The summed E-state index contributed by atoms with van der Waals surface area (Å²) in [7, 11) is 0. The second-order valence-electron chi connectivity index (χ2n) is 16.3. The lowest BCUT2D eigenvalue weighted by atomic mass is 9.88. The maximum Gasteiger partial charge on any atom is 0.160 e. The third-order valence-electron chi connectivity index (χ3n) is 12.6. The van der Waals surface area contributed by atoms with Gasteiger partial charge in [-0.15, -0.1) is 0 Å². The number of pyridine rings is 1. The van der Waals surface area contributed by atoms with Crippen molar-refractivity contribution in [3.8, 4) is 78.5 Å². The fourth-order valence-electron chi connectivity index (χ4n) is 9.59. The Morgan fingerprint density at radius 3 is 1.54 bits per heavy atom. The lowest BCUT2D eigenvalue weighted by Gasteiger charge is -2.16. The number of hydrogen-bond donors (Lipinski definition) is 0. The summed E-state index contributed by atoms with van der Waals surface area (Å²) in [6.07, 6.45) is 0. The number of fused-ring (bicyclic) bond motifs is 6. The molecular formula is C60H39N3. The predicted molar refractivity (Wildman–Crippen MR) is 260 cm³/mol. The third kappa shape index (κ3) is 6.50. The van der Waals surface area contributed by atoms with Gasteiger partial charge in [0.1, 0.15) is 0 Å². The predicted octanol–water partition coefficient (Wildman–Crippen LogP) is 15.3. The van der Waals surface area contributed by atoms with Crippen molar-refractivity contribution in [3.05, 3.63) is 247 Å². The molecule has 0 N–H and O–H groups in total. The molecule has 294 valence electrons. The number of nitrogens with zero attached hydrogens (tertiary/aromatic N) is 3. The highest BCUT2D eigenvalue weighted by Gasteiger charge is 2.29. The molecule has 0 aliphatic heterocycles. The van der Waals surface area contributed by atoms with Gasteiger partial charge in [-0.25, -0.2) is 15.0 Å². The van der Waals surface area contributed by atoms with Gasteiger partial charge in [-0.3, -0.25) is 0 Å². The minimum Gasteiger partial charge on any atom is -0.247 e. The van der Waals surface area contributed by atoms with Crippen LogP contribution in [0.3, 0.4) is 0 Å². The van der Waals surface area contributed by atoms with E-state index in [1.807, 2.05) is 18.2 Å². The van der Waals surface area contributed by atoms with Crippen LogP contribution in [0.15, 0.2) is 231 Å². The fourth-order valence-corrected chi connectivity index (χ4v) is 9.59. The lowest BCUT2D eigenvalue weighted by molar-refractivity contribution is 1.01. The normalized spacial score (nSPS) is 12.1. The first kappa shape index (κ1) is 36.6. The molecule has 9 aromatic carbocycles. The van der Waals surface area contributed by atoms with Gasteiger partial charge in [0.2, 0.25) is 0 Å². The van der Waals surface area contributed by atoms with Gasteiger partial charge in [0, 0.05) is 44.3 Å². The molecule has 3 nitrogen and oxygen atoms in total. The Kier molecular flexibility index (Phi) is 8.90. The van der Waals surface area contributed by atoms with E-state index in [0.29, 0.717) is 5.82 Å². The molecular weight excluding hydrogens is 763 g/mol. The first-order valence-corrected chi connectivity index (χ1v) is 21.5. The molecule has 0 saturated carbocycles. The van der Waals surface area contributed by atoms with Crippen LogP contribution in [0.1, 0.15) is 22.6 Å². The highest BCUT2D eigenvalue weighted by atomic mass is 14.9. The standard InChI is InChI=1S/C60H39N3/c1-4-16-40(17-5-1)47-28-15-29-53-58(47)52-35-34-44(37-56(52)61-59(53)42-18-6-2-7-19-42)39-30-32-41(33-31-39)54-38-55(63-60(62-54)43-20-8-3-9-21-43)45-22-14-23-46(36-45)57-50-26-12-10-24-48(50)49-25-11-13-27-51(49)57/h1-38,57H. The molecule has 3 heteroatoms. The summed E-state index contributed by atoms with van der Waals surface area (Å²) in [4.78, 5) is 15.8. The summed E-state index contributed by atoms with van der Waals surface area (Å²) < 4.78 is 0. The highest BCUT2D eigenvalue weighted by Crippen LogP contribution is 2.48. The Balaban J connectivity index is 0.946. The zero-order chi connectivity index (χ0) is 41.7. The monoisotopic (exact) mass is 801 g/mol. The smallest absolute Gasteiger partial charge is 0.160 e. The summed E-state index contributed by atoms with van der Waals surface area (Å²) in [5, 5.41) is 3.50. The van der Waals surface area contributed by atoms with Crippen LogP contribution in [0.25, 0.3) is 100 Å². The molecule has 12 rings (SSSR count). The van der Waals surface area contributed by atoms with Crippen molar-refractivity contribution in [1.82, 2.24) is 15.0 Å². The topological polar surface area (TPSA) is 38.7 Å². The van der Waals surface area contributed by atoms with E-state index in [0.717, 1.165) is 66.8 Å². The van der Waals surface area contributed by atoms with Crippen molar-refractivity contribution in [2.24, 2.45) is 0 Å². The van der Waals surface area contributed by atoms with Gasteiger partial charge in [0.25, 0.3) is 0 Å². The van der Waals surface area contributed by atoms with E-state index >= 15 is 0 Å². The number of hydrogen-bond acceptors (Lipinski definition) is 3. The van der Waals surface area contributed by atoms with Gasteiger partial charge in [-0.05, 0) is 68.3 Å². The Morgan fingerprint density at radius 1 is 0.302 bits per heavy atom. The van der Waals surface area contributed by atoms with Crippen LogP contribution in [-0.4, -0.2) is 15.0 Å². The molecule has 0 fully saturated rings. The Morgan fingerprint density at radius 2 is 0.841 bits per heavy atom. The second-order valence-corrected chi connectivity index (χ2v) is 16.3. The minimum atomic E-state index is 0.152. The maximum absolute atomic E-state index is 5.37. The van der Waals surface area contributed by atoms with E-state index in [9.17, 15) is 0 Å². The lowest BCUT2D eigenvalue weighted by Crippen LogP contribution is -2.00. The molecule has 0 unspecified atom stereocenters. The zero-order valence-electron chi connectivity index (χ0n) is 34.4. The van der Waals surface area contributed by atoms with Crippen LogP contribution >= 0.6 is 0 Å². The molecule has 1 aliphatic carbocycles. The van der Waals surface area contributed by atoms with Gasteiger partial charge >= 0.3 is 0 Å². The Labute approximate surface area is 366 Å². The molecule has 0 radical (unpaired) electrons. The van der Waals surface area contributed by atoms with Crippen LogP contribution in [0.2, 0.25) is 0 Å². The van der Waals surface area contributed by atoms with E-state index in [1.54, 1.807) is 0 Å². The summed E-state index contributed by atoms with van der Waals surface area (Å²) in [6, 6.07) is 82.2. The van der Waals surface area contributed by atoms with Crippen LogP contribution in [0.5, 0.6) is 0 Å². The van der Waals surface area contributed by atoms with E-state index < -0.39 is 0 Å². The Hall–Kier alpha value is -8.27. The minimum absolute atomic E-state index is 0.152. The third-order valence-corrected chi connectivity index (χ3v) is 12.6. The van der Waals surface area contributed by atoms with Crippen molar-refractivity contribution in [3.63, 3.8) is 0 Å². The number of aromatic nitrogens is 3. The maximum atomic E-state index is 5.37. The molecule has 2 heterocycles. The average Bonchev–Trinajstić information content (AvgIpc) is 3.71. The average molecular weight is 802 g/mol. The van der Waals surface area contributed by atoms with E-state index in [1.165, 1.54) is 44.3 Å². The molecule has 0 amide bonds. The fraction of sp³-hybridized carbons (Fsp3) is 0.0167. The van der Waals surface area contributed by atoms with Crippen molar-refractivity contribution < 1.29 is 0 Å². The largest absolute Gasteiger partial charge is 0.247 e. The molecule has 0 bridgehead atoms. The van der Waals surface area contributed by atoms with Crippen LogP contribution in [0.4, 0.5) is 0 Å². The molecule has 0 saturated heterocycles. The quantitative estimate of drug-likeness (QED) is 0.151. The van der Waals surface area contributed by atoms with Crippen molar-refractivity contribution in [1.29, 1.82) is 0 Å².